The van der Waals surface area contributed by atoms with E-state index >= 15 is 0 Å². The van der Waals surface area contributed by atoms with E-state index in [2.05, 4.69) is 35.1 Å². The standard InChI is InChI=1S/C13H16BrNOS/c1-4-15(8-9(2)3)13(16)11-6-5-10(14)7-12(11)17/h5-7,17H,2,4,8H2,1,3H3. The molecule has 0 unspecified atom stereocenters. The Morgan fingerprint density at radius 1 is 1.53 bits per heavy atom. The van der Waals surface area contributed by atoms with Crippen molar-refractivity contribution in [1.82, 2.24) is 4.90 Å². The molecule has 0 aliphatic carbocycles. The highest BCUT2D eigenvalue weighted by atomic mass is 79.9. The first-order chi connectivity index (χ1) is 7.95. The third kappa shape index (κ3) is 3.89. The van der Waals surface area contributed by atoms with Gasteiger partial charge in [-0.1, -0.05) is 28.1 Å². The first kappa shape index (κ1) is 14.3. The van der Waals surface area contributed by atoms with Gasteiger partial charge in [0.05, 0.1) is 5.56 Å². The molecular formula is C13H16BrNOS. The van der Waals surface area contributed by atoms with Crippen LogP contribution >= 0.6 is 28.6 Å². The maximum atomic E-state index is 12.3. The Morgan fingerprint density at radius 2 is 2.18 bits per heavy atom. The SMILES string of the molecule is C=C(C)CN(CC)C(=O)c1ccc(Br)cc1S. The van der Waals surface area contributed by atoms with Gasteiger partial charge in [-0.25, -0.2) is 0 Å². The van der Waals surface area contributed by atoms with E-state index in [-0.39, 0.29) is 5.91 Å². The van der Waals surface area contributed by atoms with E-state index in [1.807, 2.05) is 26.0 Å². The molecule has 0 fully saturated rings. The van der Waals surface area contributed by atoms with E-state index < -0.39 is 0 Å². The molecule has 2 nitrogen and oxygen atoms in total. The van der Waals surface area contributed by atoms with Gasteiger partial charge >= 0.3 is 0 Å². The van der Waals surface area contributed by atoms with E-state index in [9.17, 15) is 4.79 Å². The average molecular weight is 314 g/mol. The van der Waals surface area contributed by atoms with Gasteiger partial charge in [-0.2, -0.15) is 0 Å². The summed E-state index contributed by atoms with van der Waals surface area (Å²) in [5, 5.41) is 0. The topological polar surface area (TPSA) is 20.3 Å². The molecule has 4 heteroatoms. The Labute approximate surface area is 116 Å². The molecule has 0 N–H and O–H groups in total. The molecule has 0 saturated carbocycles. The molecule has 1 aromatic rings. The molecule has 0 aromatic heterocycles. The van der Waals surface area contributed by atoms with Crippen molar-refractivity contribution < 1.29 is 4.79 Å². The zero-order valence-electron chi connectivity index (χ0n) is 10.0. The van der Waals surface area contributed by atoms with Crippen LogP contribution in [0.5, 0.6) is 0 Å². The Kier molecular flexibility index (Phi) is 5.28. The molecule has 1 aromatic carbocycles. The molecular weight excluding hydrogens is 298 g/mol. The summed E-state index contributed by atoms with van der Waals surface area (Å²) in [5.74, 6) is -0.00648. The third-order valence-corrected chi connectivity index (χ3v) is 3.18. The van der Waals surface area contributed by atoms with Crippen molar-refractivity contribution in [3.8, 4) is 0 Å². The van der Waals surface area contributed by atoms with Crippen LogP contribution in [0, 0.1) is 0 Å². The van der Waals surface area contributed by atoms with Gasteiger partial charge in [0.25, 0.3) is 5.91 Å². The van der Waals surface area contributed by atoms with E-state index in [1.165, 1.54) is 0 Å². The zero-order chi connectivity index (χ0) is 13.0. The minimum atomic E-state index is -0.00648. The molecule has 1 amide bonds. The van der Waals surface area contributed by atoms with Crippen molar-refractivity contribution in [1.29, 1.82) is 0 Å². The zero-order valence-corrected chi connectivity index (χ0v) is 12.5. The first-order valence-electron chi connectivity index (χ1n) is 5.38. The monoisotopic (exact) mass is 313 g/mol. The normalized spacial score (nSPS) is 10.1. The quantitative estimate of drug-likeness (QED) is 0.662. The smallest absolute Gasteiger partial charge is 0.255 e. The highest BCUT2D eigenvalue weighted by Gasteiger charge is 2.16. The lowest BCUT2D eigenvalue weighted by Gasteiger charge is -2.21. The lowest BCUT2D eigenvalue weighted by atomic mass is 10.2. The molecule has 17 heavy (non-hydrogen) atoms. The summed E-state index contributed by atoms with van der Waals surface area (Å²) in [6, 6.07) is 5.46. The van der Waals surface area contributed by atoms with Crippen molar-refractivity contribution in [2.24, 2.45) is 0 Å². The fourth-order valence-electron chi connectivity index (χ4n) is 1.51. The third-order valence-electron chi connectivity index (χ3n) is 2.32. The van der Waals surface area contributed by atoms with Gasteiger partial charge in [0.2, 0.25) is 0 Å². The molecule has 0 aliphatic rings. The average Bonchev–Trinajstić information content (AvgIpc) is 2.24. The summed E-state index contributed by atoms with van der Waals surface area (Å²) in [6.45, 7) is 8.95. The van der Waals surface area contributed by atoms with Crippen LogP contribution in [0.15, 0.2) is 39.7 Å². The second-order valence-corrected chi connectivity index (χ2v) is 5.34. The fourth-order valence-corrected chi connectivity index (χ4v) is 2.36. The van der Waals surface area contributed by atoms with Gasteiger partial charge in [-0.15, -0.1) is 12.6 Å². The fraction of sp³-hybridized carbons (Fsp3) is 0.308. The molecule has 0 heterocycles. The number of carbonyl (C=O) groups excluding carboxylic acids is 1. The van der Waals surface area contributed by atoms with Gasteiger partial charge in [0.1, 0.15) is 0 Å². The minimum Gasteiger partial charge on any atom is -0.335 e. The predicted octanol–water partition coefficient (Wildman–Crippen LogP) is 3.78. The number of benzene rings is 1. The predicted molar refractivity (Wildman–Crippen MR) is 77.8 cm³/mol. The summed E-state index contributed by atoms with van der Waals surface area (Å²) in [4.78, 5) is 14.7. The van der Waals surface area contributed by atoms with Crippen LogP contribution in [0.2, 0.25) is 0 Å². The number of hydrogen-bond donors (Lipinski definition) is 1. The van der Waals surface area contributed by atoms with Crippen LogP contribution in [0.1, 0.15) is 24.2 Å². The summed E-state index contributed by atoms with van der Waals surface area (Å²) in [6.07, 6.45) is 0. The van der Waals surface area contributed by atoms with Crippen LogP contribution in [0.25, 0.3) is 0 Å². The Balaban J connectivity index is 2.97. The number of amides is 1. The molecule has 0 spiro atoms. The molecule has 0 atom stereocenters. The number of halogens is 1. The summed E-state index contributed by atoms with van der Waals surface area (Å²) in [7, 11) is 0. The maximum Gasteiger partial charge on any atom is 0.255 e. The molecule has 0 saturated heterocycles. The molecule has 0 bridgehead atoms. The van der Waals surface area contributed by atoms with Crippen molar-refractivity contribution >= 4 is 34.5 Å². The maximum absolute atomic E-state index is 12.3. The first-order valence-corrected chi connectivity index (χ1v) is 6.62. The van der Waals surface area contributed by atoms with Crippen LogP contribution in [-0.2, 0) is 0 Å². The minimum absolute atomic E-state index is 0.00648. The highest BCUT2D eigenvalue weighted by Crippen LogP contribution is 2.21. The number of nitrogens with zero attached hydrogens (tertiary/aromatic N) is 1. The van der Waals surface area contributed by atoms with E-state index in [4.69, 9.17) is 0 Å². The Bertz CT molecular complexity index is 445. The van der Waals surface area contributed by atoms with Gasteiger partial charge in [0.15, 0.2) is 0 Å². The second kappa shape index (κ2) is 6.26. The lowest BCUT2D eigenvalue weighted by Crippen LogP contribution is -2.32. The van der Waals surface area contributed by atoms with Gasteiger partial charge in [0, 0.05) is 22.5 Å². The van der Waals surface area contributed by atoms with Gasteiger partial charge < -0.3 is 4.90 Å². The molecule has 0 aliphatic heterocycles. The Hall–Kier alpha value is -0.740. The van der Waals surface area contributed by atoms with Crippen molar-refractivity contribution in [3.63, 3.8) is 0 Å². The van der Waals surface area contributed by atoms with E-state index in [0.717, 1.165) is 10.0 Å². The van der Waals surface area contributed by atoms with E-state index in [1.54, 1.807) is 11.0 Å². The van der Waals surface area contributed by atoms with Crippen LogP contribution in [0.4, 0.5) is 0 Å². The Morgan fingerprint density at radius 3 is 2.65 bits per heavy atom. The number of rotatable bonds is 4. The summed E-state index contributed by atoms with van der Waals surface area (Å²) >= 11 is 7.68. The highest BCUT2D eigenvalue weighted by molar-refractivity contribution is 9.10. The molecule has 92 valence electrons. The van der Waals surface area contributed by atoms with Gasteiger partial charge in [-0.3, -0.25) is 4.79 Å². The van der Waals surface area contributed by atoms with Crippen molar-refractivity contribution in [3.05, 3.63) is 40.4 Å². The lowest BCUT2D eigenvalue weighted by molar-refractivity contribution is 0.0775. The van der Waals surface area contributed by atoms with Crippen LogP contribution in [-0.4, -0.2) is 23.9 Å². The number of carbonyl (C=O) groups is 1. The summed E-state index contributed by atoms with van der Waals surface area (Å²) < 4.78 is 0.919. The summed E-state index contributed by atoms with van der Waals surface area (Å²) in [5.41, 5.74) is 1.60. The van der Waals surface area contributed by atoms with Gasteiger partial charge in [-0.05, 0) is 32.0 Å². The van der Waals surface area contributed by atoms with Crippen LogP contribution in [0.3, 0.4) is 0 Å². The van der Waals surface area contributed by atoms with Crippen LogP contribution < -0.4 is 0 Å². The number of thiol groups is 1. The second-order valence-electron chi connectivity index (χ2n) is 3.94. The van der Waals surface area contributed by atoms with Crippen molar-refractivity contribution in [2.75, 3.05) is 13.1 Å². The van der Waals surface area contributed by atoms with E-state index in [0.29, 0.717) is 23.5 Å². The van der Waals surface area contributed by atoms with Crippen molar-refractivity contribution in [2.45, 2.75) is 18.7 Å². The molecule has 0 radical (unpaired) electrons. The number of hydrogen-bond acceptors (Lipinski definition) is 2. The molecule has 1 rings (SSSR count). The number of likely N-dealkylation sites (N-methyl/N-ethyl adjacent to an activating group) is 1. The largest absolute Gasteiger partial charge is 0.335 e.